The lowest BCUT2D eigenvalue weighted by molar-refractivity contribution is -0.113. The lowest BCUT2D eigenvalue weighted by Crippen LogP contribution is -2.18. The Bertz CT molecular complexity index is 1500. The van der Waals surface area contributed by atoms with Gasteiger partial charge in [0.1, 0.15) is 21.4 Å². The standard InChI is InChI=1S/C27H26N4O7S2/c1-5-37-26(34)22-15(2)21(23(33)28-17-9-7-6-8-10-17)25(40-22)29-20(32)14-39-27-31-30-24(38-27)16-11-18(35-3)13-19(12-16)36-4/h6-13H,5,14H2,1-4H3,(H,28,33)(H,29,32). The number of hydrogen-bond donors (Lipinski definition) is 2. The molecule has 13 heteroatoms. The molecule has 2 aromatic heterocycles. The maximum absolute atomic E-state index is 13.2. The van der Waals surface area contributed by atoms with Crippen molar-refractivity contribution in [1.82, 2.24) is 10.2 Å². The molecule has 208 valence electrons. The summed E-state index contributed by atoms with van der Waals surface area (Å²) in [6, 6.07) is 14.0. The van der Waals surface area contributed by atoms with Gasteiger partial charge in [-0.05, 0) is 43.7 Å². The van der Waals surface area contributed by atoms with Gasteiger partial charge in [-0.25, -0.2) is 4.79 Å². The van der Waals surface area contributed by atoms with E-state index in [-0.39, 0.29) is 38.9 Å². The summed E-state index contributed by atoms with van der Waals surface area (Å²) in [7, 11) is 3.07. The quantitative estimate of drug-likeness (QED) is 0.177. The number of thioether (sulfide) groups is 1. The summed E-state index contributed by atoms with van der Waals surface area (Å²) in [5, 5.41) is 14.0. The van der Waals surface area contributed by atoms with E-state index in [9.17, 15) is 14.4 Å². The second kappa shape index (κ2) is 13.1. The molecule has 40 heavy (non-hydrogen) atoms. The number of ether oxygens (including phenoxy) is 3. The first-order chi connectivity index (χ1) is 19.3. The lowest BCUT2D eigenvalue weighted by Gasteiger charge is -2.08. The SMILES string of the molecule is CCOC(=O)c1sc(NC(=O)CSc2nnc(-c3cc(OC)cc(OC)c3)o2)c(C(=O)Nc2ccccc2)c1C. The number of esters is 1. The largest absolute Gasteiger partial charge is 0.497 e. The zero-order chi connectivity index (χ0) is 28.6. The van der Waals surface area contributed by atoms with Crippen LogP contribution in [-0.2, 0) is 9.53 Å². The predicted molar refractivity (Wildman–Crippen MR) is 152 cm³/mol. The van der Waals surface area contributed by atoms with Crippen LogP contribution < -0.4 is 20.1 Å². The van der Waals surface area contributed by atoms with Crippen LogP contribution in [0.3, 0.4) is 0 Å². The Balaban J connectivity index is 1.49. The van der Waals surface area contributed by atoms with Gasteiger partial charge in [0.25, 0.3) is 11.1 Å². The number of nitrogens with zero attached hydrogens (tertiary/aromatic N) is 2. The number of rotatable bonds is 11. The van der Waals surface area contributed by atoms with Crippen LogP contribution in [0.1, 0.15) is 32.5 Å². The van der Waals surface area contributed by atoms with Crippen molar-refractivity contribution in [3.05, 3.63) is 64.5 Å². The summed E-state index contributed by atoms with van der Waals surface area (Å²) >= 11 is 2.00. The molecule has 0 saturated carbocycles. The molecular weight excluding hydrogens is 556 g/mol. The molecule has 4 aromatic rings. The van der Waals surface area contributed by atoms with Gasteiger partial charge in [-0.1, -0.05) is 30.0 Å². The topological polar surface area (TPSA) is 142 Å². The molecule has 2 aromatic carbocycles. The van der Waals surface area contributed by atoms with Gasteiger partial charge in [-0.3, -0.25) is 9.59 Å². The van der Waals surface area contributed by atoms with Gasteiger partial charge in [-0.2, -0.15) is 0 Å². The van der Waals surface area contributed by atoms with E-state index in [1.165, 1.54) is 14.2 Å². The third kappa shape index (κ3) is 6.79. The van der Waals surface area contributed by atoms with Gasteiger partial charge in [0.15, 0.2) is 0 Å². The van der Waals surface area contributed by atoms with Crippen molar-refractivity contribution in [1.29, 1.82) is 0 Å². The maximum Gasteiger partial charge on any atom is 0.348 e. The molecule has 0 bridgehead atoms. The maximum atomic E-state index is 13.2. The zero-order valence-electron chi connectivity index (χ0n) is 22.1. The molecule has 0 aliphatic carbocycles. The molecule has 0 spiro atoms. The first-order valence-electron chi connectivity index (χ1n) is 12.0. The fourth-order valence-electron chi connectivity index (χ4n) is 3.59. The van der Waals surface area contributed by atoms with Gasteiger partial charge in [0.05, 0.1) is 32.1 Å². The van der Waals surface area contributed by atoms with E-state index in [0.717, 1.165) is 23.1 Å². The Morgan fingerprint density at radius 2 is 1.70 bits per heavy atom. The van der Waals surface area contributed by atoms with E-state index < -0.39 is 17.8 Å². The fourth-order valence-corrected chi connectivity index (χ4v) is 5.26. The van der Waals surface area contributed by atoms with Crippen LogP contribution in [0.25, 0.3) is 11.5 Å². The minimum absolute atomic E-state index is 0.0888. The van der Waals surface area contributed by atoms with Crippen molar-refractivity contribution in [3.63, 3.8) is 0 Å². The van der Waals surface area contributed by atoms with Crippen LogP contribution in [0.15, 0.2) is 58.2 Å². The van der Waals surface area contributed by atoms with Crippen LogP contribution >= 0.6 is 23.1 Å². The van der Waals surface area contributed by atoms with Crippen LogP contribution in [0, 0.1) is 6.92 Å². The van der Waals surface area contributed by atoms with Crippen LogP contribution in [-0.4, -0.2) is 54.6 Å². The molecule has 0 radical (unpaired) electrons. The molecule has 2 amide bonds. The van der Waals surface area contributed by atoms with Crippen molar-refractivity contribution in [2.45, 2.75) is 19.1 Å². The van der Waals surface area contributed by atoms with E-state index in [0.29, 0.717) is 28.3 Å². The van der Waals surface area contributed by atoms with E-state index in [4.69, 9.17) is 18.6 Å². The van der Waals surface area contributed by atoms with Gasteiger partial charge < -0.3 is 29.3 Å². The third-order valence-electron chi connectivity index (χ3n) is 5.45. The number of para-hydroxylation sites is 1. The summed E-state index contributed by atoms with van der Waals surface area (Å²) < 4.78 is 21.4. The summed E-state index contributed by atoms with van der Waals surface area (Å²) in [4.78, 5) is 38.8. The number of carbonyl (C=O) groups excluding carboxylic acids is 3. The summed E-state index contributed by atoms with van der Waals surface area (Å²) in [5.74, 6) is -0.210. The molecule has 2 N–H and O–H groups in total. The lowest BCUT2D eigenvalue weighted by atomic mass is 10.1. The fraction of sp³-hybridized carbons (Fsp3) is 0.222. The Labute approximate surface area is 238 Å². The molecule has 0 aliphatic heterocycles. The smallest absolute Gasteiger partial charge is 0.348 e. The summed E-state index contributed by atoms with van der Waals surface area (Å²) in [5.41, 5.74) is 1.76. The first kappa shape index (κ1) is 28.6. The molecule has 0 atom stereocenters. The highest BCUT2D eigenvalue weighted by molar-refractivity contribution is 7.99. The highest BCUT2D eigenvalue weighted by Gasteiger charge is 2.27. The molecule has 2 heterocycles. The Morgan fingerprint density at radius 1 is 1.00 bits per heavy atom. The summed E-state index contributed by atoms with van der Waals surface area (Å²) in [6.07, 6.45) is 0. The van der Waals surface area contributed by atoms with Crippen molar-refractivity contribution in [2.24, 2.45) is 0 Å². The zero-order valence-corrected chi connectivity index (χ0v) is 23.7. The van der Waals surface area contributed by atoms with Gasteiger partial charge in [-0.15, -0.1) is 21.5 Å². The third-order valence-corrected chi connectivity index (χ3v) is 7.46. The van der Waals surface area contributed by atoms with E-state index in [2.05, 4.69) is 20.8 Å². The first-order valence-corrected chi connectivity index (χ1v) is 13.8. The van der Waals surface area contributed by atoms with Crippen molar-refractivity contribution < 1.29 is 33.0 Å². The van der Waals surface area contributed by atoms with Crippen molar-refractivity contribution in [3.8, 4) is 23.0 Å². The summed E-state index contributed by atoms with van der Waals surface area (Å²) in [6.45, 7) is 3.51. The number of anilines is 2. The molecule has 11 nitrogen and oxygen atoms in total. The van der Waals surface area contributed by atoms with Crippen molar-refractivity contribution in [2.75, 3.05) is 37.2 Å². The molecule has 0 aliphatic rings. The number of benzene rings is 2. The second-order valence-electron chi connectivity index (χ2n) is 8.11. The van der Waals surface area contributed by atoms with Crippen LogP contribution in [0.4, 0.5) is 10.7 Å². The van der Waals surface area contributed by atoms with Gasteiger partial charge in [0, 0.05) is 17.3 Å². The second-order valence-corrected chi connectivity index (χ2v) is 10.1. The molecule has 0 fully saturated rings. The number of nitrogens with one attached hydrogen (secondary N) is 2. The minimum atomic E-state index is -0.568. The predicted octanol–water partition coefficient (Wildman–Crippen LogP) is 5.28. The molecule has 0 unspecified atom stereocenters. The number of hydrogen-bond acceptors (Lipinski definition) is 11. The monoisotopic (exact) mass is 582 g/mol. The average molecular weight is 583 g/mol. The molecule has 4 rings (SSSR count). The van der Waals surface area contributed by atoms with E-state index >= 15 is 0 Å². The van der Waals surface area contributed by atoms with Crippen molar-refractivity contribution >= 4 is 51.6 Å². The molecular formula is C27H26N4O7S2. The average Bonchev–Trinajstić information content (AvgIpc) is 3.56. The van der Waals surface area contributed by atoms with Gasteiger partial charge in [0.2, 0.25) is 11.8 Å². The number of methoxy groups -OCH3 is 2. The Morgan fingerprint density at radius 3 is 2.35 bits per heavy atom. The van der Waals surface area contributed by atoms with E-state index in [1.54, 1.807) is 56.3 Å². The normalized spacial score (nSPS) is 10.6. The highest BCUT2D eigenvalue weighted by atomic mass is 32.2. The number of amides is 2. The molecule has 0 saturated heterocycles. The number of carbonyl (C=O) groups is 3. The van der Waals surface area contributed by atoms with Gasteiger partial charge >= 0.3 is 5.97 Å². The Kier molecular flexibility index (Phi) is 9.40. The van der Waals surface area contributed by atoms with Crippen LogP contribution in [0.2, 0.25) is 0 Å². The van der Waals surface area contributed by atoms with E-state index in [1.807, 2.05) is 6.07 Å². The highest BCUT2D eigenvalue weighted by Crippen LogP contribution is 2.35. The van der Waals surface area contributed by atoms with Crippen LogP contribution in [0.5, 0.6) is 11.5 Å². The minimum Gasteiger partial charge on any atom is -0.497 e. The Hall–Kier alpha value is -4.36. The number of thiophene rings is 1. The number of aromatic nitrogens is 2.